The summed E-state index contributed by atoms with van der Waals surface area (Å²) in [4.78, 5) is 16.3. The van der Waals surface area contributed by atoms with Crippen molar-refractivity contribution in [2.24, 2.45) is 0 Å². The number of pyridine rings is 1. The smallest absolute Gasteiger partial charge is 0.231 e. The van der Waals surface area contributed by atoms with Crippen LogP contribution in [0, 0.1) is 6.92 Å². The molecule has 7 heteroatoms. The Balaban J connectivity index is 1.39. The highest BCUT2D eigenvalue weighted by Gasteiger charge is 2.15. The van der Waals surface area contributed by atoms with Crippen LogP contribution in [-0.4, -0.2) is 27.9 Å². The molecule has 1 aliphatic rings. The molecule has 3 aromatic rings. The highest BCUT2D eigenvalue weighted by Crippen LogP contribution is 2.32. The first-order valence-electron chi connectivity index (χ1n) is 8.34. The number of hydrogen-bond donors (Lipinski definition) is 2. The van der Waals surface area contributed by atoms with E-state index in [2.05, 4.69) is 20.5 Å². The second-order valence-electron chi connectivity index (χ2n) is 6.04. The lowest BCUT2D eigenvalue weighted by Gasteiger charge is -2.05. The summed E-state index contributed by atoms with van der Waals surface area (Å²) < 4.78 is 10.7. The lowest BCUT2D eigenvalue weighted by molar-refractivity contribution is -0.116. The molecule has 132 valence electrons. The predicted octanol–water partition coefficient (Wildman–Crippen LogP) is 3.08. The van der Waals surface area contributed by atoms with E-state index in [1.807, 2.05) is 37.3 Å². The Morgan fingerprint density at radius 2 is 2.00 bits per heavy atom. The fourth-order valence-corrected chi connectivity index (χ4v) is 2.87. The van der Waals surface area contributed by atoms with Crippen LogP contribution in [0.25, 0.3) is 11.3 Å². The second-order valence-corrected chi connectivity index (χ2v) is 6.04. The molecule has 0 aliphatic carbocycles. The number of nitrogens with one attached hydrogen (secondary N) is 2. The molecule has 3 heterocycles. The summed E-state index contributed by atoms with van der Waals surface area (Å²) >= 11 is 0. The van der Waals surface area contributed by atoms with Crippen molar-refractivity contribution >= 4 is 11.7 Å². The van der Waals surface area contributed by atoms with Gasteiger partial charge in [0.2, 0.25) is 12.7 Å². The van der Waals surface area contributed by atoms with Gasteiger partial charge >= 0.3 is 0 Å². The van der Waals surface area contributed by atoms with Gasteiger partial charge in [0, 0.05) is 29.9 Å². The van der Waals surface area contributed by atoms with E-state index in [1.165, 1.54) is 0 Å². The van der Waals surface area contributed by atoms with Crippen molar-refractivity contribution in [1.29, 1.82) is 0 Å². The number of fused-ring (bicyclic) bond motifs is 1. The van der Waals surface area contributed by atoms with Crippen LogP contribution in [0.2, 0.25) is 0 Å². The van der Waals surface area contributed by atoms with Gasteiger partial charge < -0.3 is 14.8 Å². The highest BCUT2D eigenvalue weighted by atomic mass is 16.7. The lowest BCUT2D eigenvalue weighted by Crippen LogP contribution is -2.13. The summed E-state index contributed by atoms with van der Waals surface area (Å²) in [5.74, 6) is 1.94. The number of carbonyl (C=O) groups is 1. The molecule has 1 aromatic carbocycles. The van der Waals surface area contributed by atoms with Gasteiger partial charge in [-0.15, -0.1) is 0 Å². The molecule has 0 saturated heterocycles. The van der Waals surface area contributed by atoms with E-state index in [4.69, 9.17) is 9.47 Å². The summed E-state index contributed by atoms with van der Waals surface area (Å²) in [5, 5.41) is 10.1. The molecular weight excluding hydrogens is 332 g/mol. The number of ether oxygens (including phenoxy) is 2. The van der Waals surface area contributed by atoms with Crippen LogP contribution < -0.4 is 14.8 Å². The number of H-pyrrole nitrogens is 1. The van der Waals surface area contributed by atoms with Crippen molar-refractivity contribution in [3.8, 4) is 22.8 Å². The number of aromatic amines is 1. The quantitative estimate of drug-likeness (QED) is 0.738. The van der Waals surface area contributed by atoms with E-state index in [0.29, 0.717) is 18.7 Å². The number of benzene rings is 1. The summed E-state index contributed by atoms with van der Waals surface area (Å²) in [6, 6.07) is 9.52. The molecule has 0 bridgehead atoms. The zero-order valence-corrected chi connectivity index (χ0v) is 14.3. The Morgan fingerprint density at radius 1 is 1.19 bits per heavy atom. The third-order valence-electron chi connectivity index (χ3n) is 4.31. The van der Waals surface area contributed by atoms with Gasteiger partial charge in [0.25, 0.3) is 0 Å². The van der Waals surface area contributed by atoms with E-state index in [9.17, 15) is 4.79 Å². The average Bonchev–Trinajstić information content (AvgIpc) is 3.27. The zero-order valence-electron chi connectivity index (χ0n) is 14.3. The Hall–Kier alpha value is -3.35. The van der Waals surface area contributed by atoms with Gasteiger partial charge in [-0.3, -0.25) is 14.9 Å². The molecule has 2 N–H and O–H groups in total. The van der Waals surface area contributed by atoms with Crippen LogP contribution in [0.15, 0.2) is 42.7 Å². The van der Waals surface area contributed by atoms with E-state index in [0.717, 1.165) is 33.9 Å². The number of carbonyl (C=O) groups excluding carboxylic acids is 1. The number of amides is 1. The SMILES string of the molecule is Cc1c(NC(=O)CCc2ccc3c(c2)OCO3)n[nH]c1-c1ccncc1. The van der Waals surface area contributed by atoms with Crippen molar-refractivity contribution in [3.63, 3.8) is 0 Å². The maximum absolute atomic E-state index is 12.3. The first-order valence-corrected chi connectivity index (χ1v) is 8.34. The van der Waals surface area contributed by atoms with Gasteiger partial charge in [0.05, 0.1) is 5.69 Å². The normalized spacial score (nSPS) is 12.2. The van der Waals surface area contributed by atoms with Crippen LogP contribution in [0.4, 0.5) is 5.82 Å². The molecule has 0 radical (unpaired) electrons. The van der Waals surface area contributed by atoms with Crippen molar-refractivity contribution in [1.82, 2.24) is 15.2 Å². The van der Waals surface area contributed by atoms with Gasteiger partial charge in [-0.2, -0.15) is 5.10 Å². The van der Waals surface area contributed by atoms with Gasteiger partial charge in [-0.25, -0.2) is 0 Å². The molecule has 0 saturated carbocycles. The first-order chi connectivity index (χ1) is 12.7. The molecule has 0 fully saturated rings. The number of anilines is 1. The molecule has 4 rings (SSSR count). The number of aryl methyl sites for hydroxylation is 1. The third kappa shape index (κ3) is 3.23. The van der Waals surface area contributed by atoms with Gasteiger partial charge in [0.1, 0.15) is 0 Å². The van der Waals surface area contributed by atoms with Crippen LogP contribution >= 0.6 is 0 Å². The van der Waals surface area contributed by atoms with Crippen LogP contribution in [0.3, 0.4) is 0 Å². The molecule has 26 heavy (non-hydrogen) atoms. The molecule has 0 unspecified atom stereocenters. The van der Waals surface area contributed by atoms with E-state index >= 15 is 0 Å². The minimum absolute atomic E-state index is 0.0847. The fourth-order valence-electron chi connectivity index (χ4n) is 2.87. The maximum atomic E-state index is 12.3. The first kappa shape index (κ1) is 16.1. The average molecular weight is 350 g/mol. The highest BCUT2D eigenvalue weighted by molar-refractivity contribution is 5.91. The molecule has 0 atom stereocenters. The molecule has 7 nitrogen and oxygen atoms in total. The maximum Gasteiger partial charge on any atom is 0.231 e. The van der Waals surface area contributed by atoms with E-state index in [-0.39, 0.29) is 12.7 Å². The van der Waals surface area contributed by atoms with Crippen molar-refractivity contribution in [2.75, 3.05) is 12.1 Å². The Kier molecular flexibility index (Phi) is 4.27. The molecule has 2 aromatic heterocycles. The lowest BCUT2D eigenvalue weighted by atomic mass is 10.1. The molecule has 0 spiro atoms. The number of rotatable bonds is 5. The number of aromatic nitrogens is 3. The van der Waals surface area contributed by atoms with Crippen molar-refractivity contribution in [3.05, 3.63) is 53.9 Å². The van der Waals surface area contributed by atoms with Crippen LogP contribution in [0.5, 0.6) is 11.5 Å². The largest absolute Gasteiger partial charge is 0.454 e. The monoisotopic (exact) mass is 350 g/mol. The van der Waals surface area contributed by atoms with Gasteiger partial charge in [0.15, 0.2) is 17.3 Å². The summed E-state index contributed by atoms with van der Waals surface area (Å²) in [5.41, 5.74) is 3.78. The minimum atomic E-state index is -0.0847. The van der Waals surface area contributed by atoms with Gasteiger partial charge in [-0.05, 0) is 43.2 Å². The number of hydrogen-bond acceptors (Lipinski definition) is 5. The second kappa shape index (κ2) is 6.87. The zero-order chi connectivity index (χ0) is 17.9. The molecular formula is C19H18N4O3. The summed E-state index contributed by atoms with van der Waals surface area (Å²) in [6.45, 7) is 2.17. The Labute approximate surface area is 150 Å². The minimum Gasteiger partial charge on any atom is -0.454 e. The number of nitrogens with zero attached hydrogens (tertiary/aromatic N) is 2. The van der Waals surface area contributed by atoms with E-state index < -0.39 is 0 Å². The Morgan fingerprint density at radius 3 is 2.85 bits per heavy atom. The van der Waals surface area contributed by atoms with Crippen LogP contribution in [0.1, 0.15) is 17.5 Å². The Bertz CT molecular complexity index is 937. The fraction of sp³-hybridized carbons (Fsp3) is 0.211. The third-order valence-corrected chi connectivity index (χ3v) is 4.31. The standard InChI is InChI=1S/C19H18N4O3/c1-12-18(14-6-8-20-9-7-14)22-23-19(12)21-17(24)5-3-13-2-4-15-16(10-13)26-11-25-15/h2,4,6-10H,3,5,11H2,1H3,(H2,21,22,23,24). The predicted molar refractivity (Wildman–Crippen MR) is 96.1 cm³/mol. The van der Waals surface area contributed by atoms with Gasteiger partial charge in [-0.1, -0.05) is 6.07 Å². The van der Waals surface area contributed by atoms with E-state index in [1.54, 1.807) is 12.4 Å². The summed E-state index contributed by atoms with van der Waals surface area (Å²) in [7, 11) is 0. The summed E-state index contributed by atoms with van der Waals surface area (Å²) in [6.07, 6.45) is 4.41. The van der Waals surface area contributed by atoms with Crippen LogP contribution in [-0.2, 0) is 11.2 Å². The topological polar surface area (TPSA) is 89.1 Å². The molecule has 1 aliphatic heterocycles. The molecule has 1 amide bonds. The van der Waals surface area contributed by atoms with Crippen molar-refractivity contribution in [2.45, 2.75) is 19.8 Å². The van der Waals surface area contributed by atoms with Crippen molar-refractivity contribution < 1.29 is 14.3 Å².